The van der Waals surface area contributed by atoms with E-state index in [0.717, 1.165) is 52.1 Å². The quantitative estimate of drug-likeness (QED) is 0.789. The van der Waals surface area contributed by atoms with Crippen LogP contribution in [0.4, 0.5) is 0 Å². The van der Waals surface area contributed by atoms with Crippen LogP contribution in [0.2, 0.25) is 0 Å². The highest BCUT2D eigenvalue weighted by Gasteiger charge is 2.22. The van der Waals surface area contributed by atoms with Crippen molar-refractivity contribution in [3.63, 3.8) is 0 Å². The maximum absolute atomic E-state index is 12.3. The third-order valence-corrected chi connectivity index (χ3v) is 5.07. The van der Waals surface area contributed by atoms with Gasteiger partial charge in [0.05, 0.1) is 6.54 Å². The van der Waals surface area contributed by atoms with Crippen molar-refractivity contribution in [2.45, 2.75) is 38.4 Å². The smallest absolute Gasteiger partial charge is 0.234 e. The molecule has 2 aliphatic heterocycles. The number of rotatable bonds is 5. The topological polar surface area (TPSA) is 47.6 Å². The fourth-order valence-corrected chi connectivity index (χ4v) is 3.69. The Bertz CT molecular complexity index is 524. The van der Waals surface area contributed by atoms with Crippen LogP contribution in [0.5, 0.6) is 0 Å². The number of carbonyl (C=O) groups is 1. The SMILES string of the molecule is CC1CC(NC(=O)CN2CCN(Cc3ccccc3)CC2)CCN1.Cl.Cl. The first-order chi connectivity index (χ1) is 11.7. The molecule has 7 heteroatoms. The zero-order valence-corrected chi connectivity index (χ0v) is 17.2. The van der Waals surface area contributed by atoms with Gasteiger partial charge in [-0.2, -0.15) is 0 Å². The number of nitrogens with zero attached hydrogens (tertiary/aromatic N) is 2. The molecule has 0 aliphatic carbocycles. The predicted octanol–water partition coefficient (Wildman–Crippen LogP) is 1.90. The molecule has 2 saturated heterocycles. The molecule has 1 amide bonds. The van der Waals surface area contributed by atoms with Crippen LogP contribution in [0.3, 0.4) is 0 Å². The number of carbonyl (C=O) groups excluding carboxylic acids is 1. The normalized spacial score (nSPS) is 24.2. The Morgan fingerprint density at radius 1 is 1.12 bits per heavy atom. The van der Waals surface area contributed by atoms with Gasteiger partial charge in [0.25, 0.3) is 0 Å². The van der Waals surface area contributed by atoms with Gasteiger partial charge in [0.15, 0.2) is 0 Å². The van der Waals surface area contributed by atoms with Gasteiger partial charge in [0, 0.05) is 44.8 Å². The summed E-state index contributed by atoms with van der Waals surface area (Å²) in [5.74, 6) is 0.186. The lowest BCUT2D eigenvalue weighted by molar-refractivity contribution is -0.123. The van der Waals surface area contributed by atoms with Crippen LogP contribution in [0.25, 0.3) is 0 Å². The number of nitrogens with one attached hydrogen (secondary N) is 2. The Balaban J connectivity index is 0.00000169. The maximum atomic E-state index is 12.3. The molecule has 2 heterocycles. The molecule has 1 aromatic rings. The van der Waals surface area contributed by atoms with E-state index in [0.29, 0.717) is 18.6 Å². The fourth-order valence-electron chi connectivity index (χ4n) is 3.69. The van der Waals surface area contributed by atoms with Crippen molar-refractivity contribution in [3.8, 4) is 0 Å². The Kier molecular flexibility index (Phi) is 10.5. The van der Waals surface area contributed by atoms with Gasteiger partial charge in [-0.1, -0.05) is 30.3 Å². The lowest BCUT2D eigenvalue weighted by Crippen LogP contribution is -2.52. The molecule has 2 unspecified atom stereocenters. The molecule has 26 heavy (non-hydrogen) atoms. The van der Waals surface area contributed by atoms with Crippen molar-refractivity contribution < 1.29 is 4.79 Å². The summed E-state index contributed by atoms with van der Waals surface area (Å²) >= 11 is 0. The number of hydrogen-bond donors (Lipinski definition) is 2. The van der Waals surface area contributed by atoms with Crippen LogP contribution in [-0.4, -0.2) is 67.1 Å². The summed E-state index contributed by atoms with van der Waals surface area (Å²) in [6.07, 6.45) is 2.08. The largest absolute Gasteiger partial charge is 0.352 e. The van der Waals surface area contributed by atoms with Gasteiger partial charge in [-0.05, 0) is 31.9 Å². The third kappa shape index (κ3) is 7.41. The van der Waals surface area contributed by atoms with Crippen molar-refractivity contribution in [2.24, 2.45) is 0 Å². The van der Waals surface area contributed by atoms with E-state index in [1.165, 1.54) is 5.56 Å². The van der Waals surface area contributed by atoms with Crippen LogP contribution < -0.4 is 10.6 Å². The Morgan fingerprint density at radius 3 is 2.42 bits per heavy atom. The van der Waals surface area contributed by atoms with E-state index in [1.54, 1.807) is 0 Å². The van der Waals surface area contributed by atoms with Gasteiger partial charge < -0.3 is 10.6 Å². The molecule has 148 valence electrons. The summed E-state index contributed by atoms with van der Waals surface area (Å²) in [5, 5.41) is 6.64. The van der Waals surface area contributed by atoms with E-state index >= 15 is 0 Å². The number of amides is 1. The minimum Gasteiger partial charge on any atom is -0.352 e. The minimum absolute atomic E-state index is 0. The van der Waals surface area contributed by atoms with Crippen molar-refractivity contribution in [3.05, 3.63) is 35.9 Å². The molecule has 1 aromatic carbocycles. The van der Waals surface area contributed by atoms with E-state index in [-0.39, 0.29) is 30.7 Å². The molecule has 2 fully saturated rings. The second-order valence-electron chi connectivity index (χ2n) is 7.18. The maximum Gasteiger partial charge on any atom is 0.234 e. The number of piperazine rings is 1. The van der Waals surface area contributed by atoms with Crippen LogP contribution in [0.15, 0.2) is 30.3 Å². The van der Waals surface area contributed by atoms with E-state index in [2.05, 4.69) is 57.7 Å². The number of piperidine rings is 1. The van der Waals surface area contributed by atoms with Gasteiger partial charge in [0.1, 0.15) is 0 Å². The Morgan fingerprint density at radius 2 is 1.77 bits per heavy atom. The average Bonchev–Trinajstić information content (AvgIpc) is 2.57. The molecular weight excluding hydrogens is 371 g/mol. The zero-order chi connectivity index (χ0) is 16.8. The monoisotopic (exact) mass is 402 g/mol. The lowest BCUT2D eigenvalue weighted by Gasteiger charge is -2.35. The third-order valence-electron chi connectivity index (χ3n) is 5.07. The molecule has 0 aromatic heterocycles. The van der Waals surface area contributed by atoms with Gasteiger partial charge in [-0.3, -0.25) is 14.6 Å². The van der Waals surface area contributed by atoms with Crippen molar-refractivity contribution >= 4 is 30.7 Å². The van der Waals surface area contributed by atoms with Crippen LogP contribution in [0, 0.1) is 0 Å². The van der Waals surface area contributed by atoms with Gasteiger partial charge in [-0.15, -0.1) is 24.8 Å². The molecular formula is C19H32Cl2N4O. The van der Waals surface area contributed by atoms with Crippen LogP contribution in [-0.2, 0) is 11.3 Å². The first-order valence-corrected chi connectivity index (χ1v) is 9.20. The van der Waals surface area contributed by atoms with E-state index in [1.807, 2.05) is 0 Å². The summed E-state index contributed by atoms with van der Waals surface area (Å²) in [6, 6.07) is 11.5. The van der Waals surface area contributed by atoms with Gasteiger partial charge in [-0.25, -0.2) is 0 Å². The molecule has 5 nitrogen and oxygen atoms in total. The van der Waals surface area contributed by atoms with E-state index in [9.17, 15) is 4.79 Å². The molecule has 2 aliphatic rings. The summed E-state index contributed by atoms with van der Waals surface area (Å²) in [7, 11) is 0. The zero-order valence-electron chi connectivity index (χ0n) is 15.5. The highest BCUT2D eigenvalue weighted by atomic mass is 35.5. The second-order valence-corrected chi connectivity index (χ2v) is 7.18. The number of hydrogen-bond acceptors (Lipinski definition) is 4. The van der Waals surface area contributed by atoms with Gasteiger partial charge in [0.2, 0.25) is 5.91 Å². The molecule has 0 radical (unpaired) electrons. The average molecular weight is 403 g/mol. The molecule has 0 saturated carbocycles. The molecule has 0 bridgehead atoms. The van der Waals surface area contributed by atoms with Gasteiger partial charge >= 0.3 is 0 Å². The summed E-state index contributed by atoms with van der Waals surface area (Å²) in [6.45, 7) is 8.75. The molecule has 2 atom stereocenters. The molecule has 0 spiro atoms. The fraction of sp³-hybridized carbons (Fsp3) is 0.632. The molecule has 2 N–H and O–H groups in total. The minimum atomic E-state index is 0. The van der Waals surface area contributed by atoms with Crippen LogP contribution in [0.1, 0.15) is 25.3 Å². The van der Waals surface area contributed by atoms with Crippen LogP contribution >= 0.6 is 24.8 Å². The van der Waals surface area contributed by atoms with Crippen molar-refractivity contribution in [1.29, 1.82) is 0 Å². The first kappa shape index (κ1) is 23.2. The molecule has 3 rings (SSSR count). The number of benzene rings is 1. The Labute approximate surface area is 169 Å². The summed E-state index contributed by atoms with van der Waals surface area (Å²) < 4.78 is 0. The van der Waals surface area contributed by atoms with E-state index in [4.69, 9.17) is 0 Å². The Hall–Kier alpha value is -0.850. The standard InChI is InChI=1S/C19H30N4O.2ClH/c1-16-13-18(7-8-20-16)21-19(24)15-23-11-9-22(10-12-23)14-17-5-3-2-4-6-17;;/h2-6,16,18,20H,7-15H2,1H3,(H,21,24);2*1H. The number of halogens is 2. The van der Waals surface area contributed by atoms with Crippen molar-refractivity contribution in [2.75, 3.05) is 39.3 Å². The highest BCUT2D eigenvalue weighted by molar-refractivity contribution is 5.85. The summed E-state index contributed by atoms with van der Waals surface area (Å²) in [4.78, 5) is 17.0. The summed E-state index contributed by atoms with van der Waals surface area (Å²) in [5.41, 5.74) is 1.36. The lowest BCUT2D eigenvalue weighted by atomic mass is 10.0. The first-order valence-electron chi connectivity index (χ1n) is 9.20. The second kappa shape index (κ2) is 11.8. The van der Waals surface area contributed by atoms with E-state index < -0.39 is 0 Å². The highest BCUT2D eigenvalue weighted by Crippen LogP contribution is 2.10. The predicted molar refractivity (Wildman–Crippen MR) is 111 cm³/mol. The van der Waals surface area contributed by atoms with Crippen molar-refractivity contribution in [1.82, 2.24) is 20.4 Å².